The molecule has 0 saturated carbocycles. The maximum Gasteiger partial charge on any atom is 0.408 e. The number of benzene rings is 3. The lowest BCUT2D eigenvalue weighted by molar-refractivity contribution is -0.144. The second-order valence-electron chi connectivity index (χ2n) is 9.66. The van der Waals surface area contributed by atoms with Crippen LogP contribution in [0.25, 0.3) is 22.0 Å². The van der Waals surface area contributed by atoms with Crippen LogP contribution in [0.1, 0.15) is 28.4 Å². The van der Waals surface area contributed by atoms with Crippen molar-refractivity contribution in [2.45, 2.75) is 31.6 Å². The first-order chi connectivity index (χ1) is 20.2. The van der Waals surface area contributed by atoms with Gasteiger partial charge in [-0.3, -0.25) is 9.78 Å². The highest BCUT2D eigenvalue weighted by Crippen LogP contribution is 2.35. The van der Waals surface area contributed by atoms with Gasteiger partial charge in [-0.05, 0) is 42.8 Å². The van der Waals surface area contributed by atoms with Gasteiger partial charge in [-0.25, -0.2) is 13.6 Å². The number of nitriles is 1. The fraction of sp³-hybridized carbons (Fsp3) is 0.200. The Morgan fingerprint density at radius 2 is 1.74 bits per heavy atom. The summed E-state index contributed by atoms with van der Waals surface area (Å²) in [5.74, 6) is -5.82. The fourth-order valence-corrected chi connectivity index (χ4v) is 4.79. The first-order valence-corrected chi connectivity index (χ1v) is 13.0. The Hall–Kier alpha value is -4.76. The maximum absolute atomic E-state index is 14.9. The van der Waals surface area contributed by atoms with Gasteiger partial charge in [-0.2, -0.15) is 18.4 Å². The van der Waals surface area contributed by atoms with E-state index in [1.165, 1.54) is 12.3 Å². The molecular weight excluding hydrogens is 595 g/mol. The summed E-state index contributed by atoms with van der Waals surface area (Å²) in [5.41, 5.74) is 0.804. The first-order valence-electron chi connectivity index (χ1n) is 12.6. The molecule has 0 unspecified atom stereocenters. The first kappa shape index (κ1) is 31.2. The van der Waals surface area contributed by atoms with E-state index in [-0.39, 0.29) is 6.42 Å². The van der Waals surface area contributed by atoms with Crippen molar-refractivity contribution in [3.8, 4) is 17.2 Å². The molecule has 2 N–H and O–H groups in total. The van der Waals surface area contributed by atoms with Crippen LogP contribution in [0, 0.1) is 23.0 Å². The lowest BCUT2D eigenvalue weighted by Crippen LogP contribution is -2.43. The molecule has 13 heteroatoms. The van der Waals surface area contributed by atoms with Crippen LogP contribution in [0.3, 0.4) is 0 Å². The van der Waals surface area contributed by atoms with Crippen molar-refractivity contribution in [2.24, 2.45) is 0 Å². The van der Waals surface area contributed by atoms with Gasteiger partial charge in [0, 0.05) is 46.9 Å². The number of fused-ring (bicyclic) bond motifs is 1. The van der Waals surface area contributed by atoms with Crippen molar-refractivity contribution < 1.29 is 36.6 Å². The Labute approximate surface area is 247 Å². The molecule has 1 heterocycles. The summed E-state index contributed by atoms with van der Waals surface area (Å²) in [5, 5.41) is 21.9. The third kappa shape index (κ3) is 6.52. The van der Waals surface area contributed by atoms with E-state index >= 15 is 0 Å². The van der Waals surface area contributed by atoms with Gasteiger partial charge in [0.25, 0.3) is 5.91 Å². The molecule has 0 aliphatic carbocycles. The van der Waals surface area contributed by atoms with Crippen molar-refractivity contribution >= 4 is 40.1 Å². The smallest absolute Gasteiger partial charge is 0.408 e. The molecule has 0 aliphatic heterocycles. The number of aliphatic carboxylic acids is 1. The summed E-state index contributed by atoms with van der Waals surface area (Å²) >= 11 is 6.39. The zero-order chi connectivity index (χ0) is 31.6. The van der Waals surface area contributed by atoms with Gasteiger partial charge in [-0.15, -0.1) is 0 Å². The minimum Gasteiger partial charge on any atom is -0.480 e. The van der Waals surface area contributed by atoms with E-state index < -0.39 is 53.0 Å². The predicted molar refractivity (Wildman–Crippen MR) is 150 cm³/mol. The number of hydrogen-bond donors (Lipinski definition) is 2. The maximum atomic E-state index is 14.9. The van der Waals surface area contributed by atoms with E-state index in [1.807, 2.05) is 6.07 Å². The minimum absolute atomic E-state index is 0.295. The number of amides is 1. The summed E-state index contributed by atoms with van der Waals surface area (Å²) in [4.78, 5) is 30.0. The number of carbonyl (C=O) groups is 2. The number of carboxylic acids is 1. The number of carbonyl (C=O) groups excluding carboxylic acids is 1. The highest BCUT2D eigenvalue weighted by Gasteiger charge is 2.39. The zero-order valence-electron chi connectivity index (χ0n) is 22.5. The molecule has 43 heavy (non-hydrogen) atoms. The number of halogens is 6. The number of rotatable bonds is 8. The second-order valence-corrected chi connectivity index (χ2v) is 10.1. The highest BCUT2D eigenvalue weighted by molar-refractivity contribution is 6.33. The minimum atomic E-state index is -4.68. The van der Waals surface area contributed by atoms with Crippen LogP contribution in [0.4, 0.5) is 27.6 Å². The van der Waals surface area contributed by atoms with Crippen LogP contribution in [-0.4, -0.2) is 47.3 Å². The summed E-state index contributed by atoms with van der Waals surface area (Å²) in [7, 11) is 0.992. The van der Waals surface area contributed by atoms with Crippen LogP contribution in [-0.2, 0) is 11.2 Å². The average Bonchev–Trinajstić information content (AvgIpc) is 2.95. The molecule has 2 atom stereocenters. The average molecular weight is 617 g/mol. The molecule has 0 aliphatic rings. The van der Waals surface area contributed by atoms with E-state index in [1.54, 1.807) is 36.4 Å². The number of anilines is 1. The van der Waals surface area contributed by atoms with Gasteiger partial charge in [0.15, 0.2) is 0 Å². The fourth-order valence-electron chi connectivity index (χ4n) is 4.50. The Morgan fingerprint density at radius 3 is 2.33 bits per heavy atom. The highest BCUT2D eigenvalue weighted by atomic mass is 35.5. The number of pyridine rings is 1. The normalized spacial score (nSPS) is 12.8. The number of alkyl halides is 3. The monoisotopic (exact) mass is 616 g/mol. The number of nitrogens with one attached hydrogen (secondary N) is 1. The van der Waals surface area contributed by atoms with Gasteiger partial charge in [0.2, 0.25) is 0 Å². The number of hydrogen-bond acceptors (Lipinski definition) is 5. The van der Waals surface area contributed by atoms with Crippen molar-refractivity contribution in [3.05, 3.63) is 94.1 Å². The summed E-state index contributed by atoms with van der Waals surface area (Å²) in [6.45, 7) is 0.804. The lowest BCUT2D eigenvalue weighted by Gasteiger charge is -2.29. The van der Waals surface area contributed by atoms with E-state index in [9.17, 15) is 36.6 Å². The van der Waals surface area contributed by atoms with Gasteiger partial charge in [0.1, 0.15) is 29.3 Å². The van der Waals surface area contributed by atoms with E-state index in [4.69, 9.17) is 16.9 Å². The zero-order valence-corrected chi connectivity index (χ0v) is 23.3. The second kappa shape index (κ2) is 12.2. The molecule has 1 amide bonds. The summed E-state index contributed by atoms with van der Waals surface area (Å²) in [6.07, 6.45) is -3.47. The van der Waals surface area contributed by atoms with Crippen LogP contribution >= 0.6 is 11.6 Å². The van der Waals surface area contributed by atoms with Crippen molar-refractivity contribution in [2.75, 3.05) is 11.9 Å². The topological polar surface area (TPSA) is 106 Å². The molecule has 0 radical (unpaired) electrons. The largest absolute Gasteiger partial charge is 0.480 e. The number of aromatic nitrogens is 1. The standard InChI is InChI=1S/C30H22ClF5N4O3/c1-15(30(34,35)36)40(2)18-12-23(32)26(24(33)13-18)28(41)39-25(29(42)43)11-17-6-8-21(27-19(17)4-3-9-38-27)20-7-5-16(14-37)10-22(20)31/h3-10,12-13,15,25H,11H2,1-2H3,(H,39,41)(H,42,43)/t15-,25+/m1/s1. The van der Waals surface area contributed by atoms with Crippen LogP contribution in [0.15, 0.2) is 60.8 Å². The number of nitrogens with zero attached hydrogens (tertiary/aromatic N) is 3. The quantitative estimate of drug-likeness (QED) is 0.218. The Morgan fingerprint density at radius 1 is 1.09 bits per heavy atom. The van der Waals surface area contributed by atoms with Crippen molar-refractivity contribution in [3.63, 3.8) is 0 Å². The Kier molecular flexibility index (Phi) is 8.87. The molecule has 0 spiro atoms. The third-order valence-corrected chi connectivity index (χ3v) is 7.30. The molecule has 0 bridgehead atoms. The van der Waals surface area contributed by atoms with E-state index in [0.29, 0.717) is 55.2 Å². The summed E-state index contributed by atoms with van der Waals surface area (Å²) < 4.78 is 68.9. The summed E-state index contributed by atoms with van der Waals surface area (Å²) in [6, 6.07) is 10.7. The third-order valence-electron chi connectivity index (χ3n) is 6.99. The van der Waals surface area contributed by atoms with E-state index in [2.05, 4.69) is 10.3 Å². The molecule has 4 rings (SSSR count). The molecule has 0 fully saturated rings. The van der Waals surface area contributed by atoms with Crippen molar-refractivity contribution in [1.82, 2.24) is 10.3 Å². The Balaban J connectivity index is 1.64. The molecule has 4 aromatic rings. The SMILES string of the molecule is C[C@@H](N(C)c1cc(F)c(C(=O)N[C@@H](Cc2ccc(-c3ccc(C#N)cc3Cl)c3ncccc23)C(=O)O)c(F)c1)C(F)(F)F. The predicted octanol–water partition coefficient (Wildman–Crippen LogP) is 6.52. The number of carboxylic acid groups (broad SMARTS) is 1. The van der Waals surface area contributed by atoms with Crippen LogP contribution in [0.5, 0.6) is 0 Å². The van der Waals surface area contributed by atoms with Crippen LogP contribution in [0.2, 0.25) is 5.02 Å². The molecule has 222 valence electrons. The van der Waals surface area contributed by atoms with Gasteiger partial charge >= 0.3 is 12.1 Å². The Bertz CT molecular complexity index is 1750. The molecule has 7 nitrogen and oxygen atoms in total. The van der Waals surface area contributed by atoms with Crippen LogP contribution < -0.4 is 10.2 Å². The van der Waals surface area contributed by atoms with Gasteiger partial charge in [0.05, 0.1) is 17.1 Å². The van der Waals surface area contributed by atoms with Crippen molar-refractivity contribution in [1.29, 1.82) is 5.26 Å². The molecule has 0 saturated heterocycles. The molecular formula is C30H22ClF5N4O3. The lowest BCUT2D eigenvalue weighted by atomic mass is 9.94. The van der Waals surface area contributed by atoms with Gasteiger partial charge < -0.3 is 15.3 Å². The van der Waals surface area contributed by atoms with E-state index in [0.717, 1.165) is 14.0 Å². The molecule has 1 aromatic heterocycles. The molecule has 3 aromatic carbocycles. The van der Waals surface area contributed by atoms with Gasteiger partial charge in [-0.1, -0.05) is 35.9 Å².